The van der Waals surface area contributed by atoms with Crippen LogP contribution >= 0.6 is 22.9 Å². The van der Waals surface area contributed by atoms with Crippen molar-refractivity contribution in [3.8, 4) is 0 Å². The Morgan fingerprint density at radius 3 is 2.76 bits per heavy atom. The fourth-order valence-corrected chi connectivity index (χ4v) is 3.01. The molecule has 1 N–H and O–H groups in total. The van der Waals surface area contributed by atoms with E-state index in [1.807, 2.05) is 30.5 Å². The van der Waals surface area contributed by atoms with E-state index in [0.29, 0.717) is 5.02 Å². The lowest BCUT2D eigenvalue weighted by molar-refractivity contribution is 0.223. The topological polar surface area (TPSA) is 20.2 Å². The minimum atomic E-state index is -0.567. The van der Waals surface area contributed by atoms with Gasteiger partial charge in [0.1, 0.15) is 6.10 Å². The summed E-state index contributed by atoms with van der Waals surface area (Å²) in [4.78, 5) is 1.02. The van der Waals surface area contributed by atoms with E-state index in [4.69, 9.17) is 11.6 Å². The Kier molecular flexibility index (Phi) is 3.87. The Hall–Kier alpha value is -0.830. The molecule has 2 aromatic rings. The molecule has 0 bridgehead atoms. The van der Waals surface area contributed by atoms with Crippen LogP contribution in [0.15, 0.2) is 29.6 Å². The summed E-state index contributed by atoms with van der Waals surface area (Å²) in [5.74, 6) is 0. The Morgan fingerprint density at radius 1 is 1.35 bits per heavy atom. The second-order valence-electron chi connectivity index (χ2n) is 4.07. The molecule has 0 aliphatic rings. The normalized spacial score (nSPS) is 12.7. The molecule has 0 saturated carbocycles. The summed E-state index contributed by atoms with van der Waals surface area (Å²) in [6.07, 6.45) is 0.373. The number of halogens is 1. The zero-order valence-corrected chi connectivity index (χ0v) is 11.5. The maximum absolute atomic E-state index is 10.4. The van der Waals surface area contributed by atoms with Crippen molar-refractivity contribution in [1.29, 1.82) is 0 Å². The van der Waals surface area contributed by atoms with Gasteiger partial charge in [-0.25, -0.2) is 0 Å². The molecule has 2 rings (SSSR count). The molecule has 0 fully saturated rings. The van der Waals surface area contributed by atoms with Gasteiger partial charge in [0.15, 0.2) is 0 Å². The van der Waals surface area contributed by atoms with Crippen LogP contribution in [-0.4, -0.2) is 5.11 Å². The van der Waals surface area contributed by atoms with Crippen LogP contribution in [0.3, 0.4) is 0 Å². The maximum atomic E-state index is 10.4. The number of hydrogen-bond acceptors (Lipinski definition) is 2. The number of rotatable bonds is 3. The number of aliphatic hydroxyl groups excluding tert-OH is 1. The van der Waals surface area contributed by atoms with Crippen molar-refractivity contribution >= 4 is 22.9 Å². The Balaban J connectivity index is 2.36. The summed E-state index contributed by atoms with van der Waals surface area (Å²) in [7, 11) is 0. The highest BCUT2D eigenvalue weighted by Gasteiger charge is 2.15. The summed E-state index contributed by atoms with van der Waals surface area (Å²) >= 11 is 7.68. The fourth-order valence-electron chi connectivity index (χ4n) is 1.81. The van der Waals surface area contributed by atoms with E-state index in [9.17, 15) is 5.11 Å². The van der Waals surface area contributed by atoms with E-state index in [2.05, 4.69) is 13.0 Å². The second kappa shape index (κ2) is 5.21. The highest BCUT2D eigenvalue weighted by Crippen LogP contribution is 2.31. The number of benzene rings is 1. The zero-order valence-electron chi connectivity index (χ0n) is 9.90. The van der Waals surface area contributed by atoms with Gasteiger partial charge in [-0.1, -0.05) is 30.7 Å². The Bertz CT molecular complexity index is 519. The first-order valence-electron chi connectivity index (χ1n) is 5.64. The lowest BCUT2D eigenvalue weighted by Gasteiger charge is -2.12. The van der Waals surface area contributed by atoms with Crippen molar-refractivity contribution in [2.45, 2.75) is 26.4 Å². The maximum Gasteiger partial charge on any atom is 0.114 e. The molecule has 3 heteroatoms. The molecule has 0 spiro atoms. The lowest BCUT2D eigenvalue weighted by Crippen LogP contribution is -2.00. The van der Waals surface area contributed by atoms with Crippen LogP contribution in [0.2, 0.25) is 5.02 Å². The van der Waals surface area contributed by atoms with Crippen molar-refractivity contribution in [1.82, 2.24) is 0 Å². The van der Waals surface area contributed by atoms with Crippen LogP contribution in [-0.2, 0) is 6.42 Å². The van der Waals surface area contributed by atoms with Crippen molar-refractivity contribution in [3.63, 3.8) is 0 Å². The molecule has 0 saturated heterocycles. The van der Waals surface area contributed by atoms with Gasteiger partial charge in [0.2, 0.25) is 0 Å². The Morgan fingerprint density at radius 2 is 2.12 bits per heavy atom. The third-order valence-corrected chi connectivity index (χ3v) is 4.34. The van der Waals surface area contributed by atoms with Crippen molar-refractivity contribution in [3.05, 3.63) is 56.2 Å². The van der Waals surface area contributed by atoms with Gasteiger partial charge < -0.3 is 5.11 Å². The minimum absolute atomic E-state index is 0.567. The van der Waals surface area contributed by atoms with Crippen LogP contribution < -0.4 is 0 Å². The average Bonchev–Trinajstić information content (AvgIpc) is 2.80. The van der Waals surface area contributed by atoms with Crippen LogP contribution in [0.1, 0.15) is 34.6 Å². The number of hydrogen-bond donors (Lipinski definition) is 1. The lowest BCUT2D eigenvalue weighted by atomic mass is 10.0. The molecular formula is C14H15ClOS. The molecule has 1 unspecified atom stereocenters. The summed E-state index contributed by atoms with van der Waals surface area (Å²) in [5, 5.41) is 13.1. The van der Waals surface area contributed by atoms with Crippen LogP contribution in [0.4, 0.5) is 0 Å². The van der Waals surface area contributed by atoms with E-state index in [-0.39, 0.29) is 0 Å². The highest BCUT2D eigenvalue weighted by atomic mass is 35.5. The number of aryl methyl sites for hydroxylation is 2. The third kappa shape index (κ3) is 2.54. The van der Waals surface area contributed by atoms with Gasteiger partial charge in [-0.05, 0) is 47.5 Å². The molecule has 0 aliphatic carbocycles. The second-order valence-corrected chi connectivity index (χ2v) is 5.43. The summed E-state index contributed by atoms with van der Waals surface area (Å²) in [5.41, 5.74) is 3.10. The van der Waals surface area contributed by atoms with E-state index in [0.717, 1.165) is 22.4 Å². The SMILES string of the molecule is CCc1ccsc1C(O)c1ccc(C)c(Cl)c1. The zero-order chi connectivity index (χ0) is 12.4. The summed E-state index contributed by atoms with van der Waals surface area (Å²) in [6.45, 7) is 4.06. The monoisotopic (exact) mass is 266 g/mol. The van der Waals surface area contributed by atoms with E-state index < -0.39 is 6.10 Å². The first kappa shape index (κ1) is 12.6. The van der Waals surface area contributed by atoms with Crippen molar-refractivity contribution in [2.75, 3.05) is 0 Å². The third-order valence-electron chi connectivity index (χ3n) is 2.92. The van der Waals surface area contributed by atoms with Gasteiger partial charge >= 0.3 is 0 Å². The van der Waals surface area contributed by atoms with E-state index in [1.165, 1.54) is 5.56 Å². The predicted octanol–water partition coefficient (Wildman–Crippen LogP) is 4.35. The molecule has 1 heterocycles. The molecule has 0 aliphatic heterocycles. The summed E-state index contributed by atoms with van der Waals surface area (Å²) in [6, 6.07) is 7.80. The van der Waals surface area contributed by atoms with Gasteiger partial charge in [-0.3, -0.25) is 0 Å². The molecule has 17 heavy (non-hydrogen) atoms. The predicted molar refractivity (Wildman–Crippen MR) is 73.9 cm³/mol. The first-order valence-corrected chi connectivity index (χ1v) is 6.89. The molecule has 1 atom stereocenters. The molecule has 1 aromatic heterocycles. The number of aliphatic hydroxyl groups is 1. The van der Waals surface area contributed by atoms with Crippen LogP contribution in [0.25, 0.3) is 0 Å². The van der Waals surface area contributed by atoms with Crippen LogP contribution in [0, 0.1) is 6.92 Å². The molecule has 1 nitrogen and oxygen atoms in total. The molecule has 90 valence electrons. The standard InChI is InChI=1S/C14H15ClOS/c1-3-10-6-7-17-14(10)13(16)11-5-4-9(2)12(15)8-11/h4-8,13,16H,3H2,1-2H3. The minimum Gasteiger partial charge on any atom is -0.383 e. The summed E-state index contributed by atoms with van der Waals surface area (Å²) < 4.78 is 0. The van der Waals surface area contributed by atoms with Gasteiger partial charge in [0.25, 0.3) is 0 Å². The van der Waals surface area contributed by atoms with E-state index >= 15 is 0 Å². The fraction of sp³-hybridized carbons (Fsp3) is 0.286. The van der Waals surface area contributed by atoms with Crippen molar-refractivity contribution in [2.24, 2.45) is 0 Å². The van der Waals surface area contributed by atoms with Gasteiger partial charge in [0.05, 0.1) is 0 Å². The smallest absolute Gasteiger partial charge is 0.114 e. The van der Waals surface area contributed by atoms with E-state index in [1.54, 1.807) is 11.3 Å². The largest absolute Gasteiger partial charge is 0.383 e. The molecule has 1 aromatic carbocycles. The molecule has 0 amide bonds. The van der Waals surface area contributed by atoms with Gasteiger partial charge in [0, 0.05) is 9.90 Å². The first-order chi connectivity index (χ1) is 8.13. The number of thiophene rings is 1. The van der Waals surface area contributed by atoms with Crippen LogP contribution in [0.5, 0.6) is 0 Å². The molecule has 0 radical (unpaired) electrons. The quantitative estimate of drug-likeness (QED) is 0.875. The highest BCUT2D eigenvalue weighted by molar-refractivity contribution is 7.10. The Labute approximate surface area is 111 Å². The van der Waals surface area contributed by atoms with Gasteiger partial charge in [-0.15, -0.1) is 11.3 Å². The molecular weight excluding hydrogens is 252 g/mol. The van der Waals surface area contributed by atoms with Gasteiger partial charge in [-0.2, -0.15) is 0 Å². The van der Waals surface area contributed by atoms with Crippen molar-refractivity contribution < 1.29 is 5.11 Å². The average molecular weight is 267 g/mol.